The van der Waals surface area contributed by atoms with Crippen LogP contribution in [0.5, 0.6) is 0 Å². The Morgan fingerprint density at radius 2 is 1.87 bits per heavy atom. The monoisotopic (exact) mass is 422 g/mol. The van der Waals surface area contributed by atoms with Crippen molar-refractivity contribution >= 4 is 23.3 Å². The van der Waals surface area contributed by atoms with Crippen LogP contribution in [0.1, 0.15) is 15.9 Å². The number of rotatable bonds is 5. The molecule has 1 N–H and O–H groups in total. The van der Waals surface area contributed by atoms with E-state index in [1.165, 1.54) is 25.4 Å². The minimum Gasteiger partial charge on any atom is -0.375 e. The molecule has 1 saturated heterocycles. The molecule has 1 aliphatic rings. The van der Waals surface area contributed by atoms with E-state index in [0.29, 0.717) is 37.7 Å². The van der Waals surface area contributed by atoms with Gasteiger partial charge in [0.2, 0.25) is 5.91 Å². The molecule has 7 nitrogen and oxygen atoms in total. The summed E-state index contributed by atoms with van der Waals surface area (Å²) in [4.78, 5) is 32.2. The van der Waals surface area contributed by atoms with Gasteiger partial charge in [-0.15, -0.1) is 0 Å². The van der Waals surface area contributed by atoms with Crippen LogP contribution in [0.3, 0.4) is 0 Å². The molecule has 0 atom stereocenters. The number of piperazine rings is 1. The van der Waals surface area contributed by atoms with E-state index in [9.17, 15) is 22.8 Å². The van der Waals surface area contributed by atoms with Gasteiger partial charge in [-0.2, -0.15) is 13.2 Å². The van der Waals surface area contributed by atoms with Gasteiger partial charge in [0, 0.05) is 38.9 Å². The normalized spacial score (nSPS) is 14.5. The van der Waals surface area contributed by atoms with E-state index in [1.807, 2.05) is 4.90 Å². The minimum absolute atomic E-state index is 0.0541. The maximum atomic E-state index is 12.8. The average molecular weight is 422 g/mol. The van der Waals surface area contributed by atoms with Crippen LogP contribution >= 0.6 is 0 Å². The van der Waals surface area contributed by atoms with Crippen molar-refractivity contribution in [2.45, 2.75) is 6.18 Å². The maximum absolute atomic E-state index is 12.8. The van der Waals surface area contributed by atoms with Gasteiger partial charge in [-0.05, 0) is 30.3 Å². The van der Waals surface area contributed by atoms with Gasteiger partial charge in [0.25, 0.3) is 5.91 Å². The van der Waals surface area contributed by atoms with Gasteiger partial charge < -0.3 is 19.9 Å². The molecule has 2 heterocycles. The van der Waals surface area contributed by atoms with Crippen molar-refractivity contribution in [3.8, 4) is 0 Å². The van der Waals surface area contributed by atoms with Crippen molar-refractivity contribution in [1.82, 2.24) is 9.88 Å². The Kier molecular flexibility index (Phi) is 6.56. The van der Waals surface area contributed by atoms with E-state index < -0.39 is 17.6 Å². The number of alkyl halides is 3. The predicted molar refractivity (Wildman–Crippen MR) is 104 cm³/mol. The summed E-state index contributed by atoms with van der Waals surface area (Å²) < 4.78 is 43.3. The number of ether oxygens (including phenoxy) is 1. The second-order valence-corrected chi connectivity index (χ2v) is 6.74. The first-order chi connectivity index (χ1) is 14.3. The lowest BCUT2D eigenvalue weighted by molar-refractivity contribution is -0.137. The molecule has 0 spiro atoms. The molecular weight excluding hydrogens is 401 g/mol. The van der Waals surface area contributed by atoms with E-state index in [4.69, 9.17) is 4.74 Å². The zero-order valence-electron chi connectivity index (χ0n) is 16.3. The number of hydrogen-bond acceptors (Lipinski definition) is 5. The second-order valence-electron chi connectivity index (χ2n) is 6.74. The van der Waals surface area contributed by atoms with Gasteiger partial charge in [-0.3, -0.25) is 9.59 Å². The van der Waals surface area contributed by atoms with E-state index in [1.54, 1.807) is 17.0 Å². The Hall–Kier alpha value is -3.14. The Morgan fingerprint density at radius 1 is 1.13 bits per heavy atom. The highest BCUT2D eigenvalue weighted by Gasteiger charge is 2.31. The summed E-state index contributed by atoms with van der Waals surface area (Å²) in [5.41, 5.74) is -0.604. The molecule has 2 amide bonds. The van der Waals surface area contributed by atoms with Gasteiger partial charge in [-0.1, -0.05) is 6.07 Å². The maximum Gasteiger partial charge on any atom is 0.416 e. The van der Waals surface area contributed by atoms with Crippen molar-refractivity contribution in [1.29, 1.82) is 0 Å². The van der Waals surface area contributed by atoms with Gasteiger partial charge in [-0.25, -0.2) is 4.98 Å². The predicted octanol–water partition coefficient (Wildman–Crippen LogP) is 2.65. The number of hydrogen-bond donors (Lipinski definition) is 1. The number of amides is 2. The van der Waals surface area contributed by atoms with Crippen LogP contribution in [0.25, 0.3) is 0 Å². The highest BCUT2D eigenvalue weighted by Crippen LogP contribution is 2.29. The third kappa shape index (κ3) is 5.26. The molecular formula is C20H21F3N4O3. The molecule has 160 valence electrons. The lowest BCUT2D eigenvalue weighted by atomic mass is 10.1. The van der Waals surface area contributed by atoms with Gasteiger partial charge in [0.05, 0.1) is 17.4 Å². The van der Waals surface area contributed by atoms with Gasteiger partial charge in [0.15, 0.2) is 0 Å². The van der Waals surface area contributed by atoms with Crippen molar-refractivity contribution in [2.24, 2.45) is 0 Å². The standard InChI is InChI=1S/C20H21F3N4O3/c1-30-13-18(28)27-9-7-26(8-10-27)17-6-5-16(12-24-17)25-19(29)14-3-2-4-15(11-14)20(21,22)23/h2-6,11-12H,7-10,13H2,1H3,(H,25,29). The Balaban J connectivity index is 1.59. The first-order valence-corrected chi connectivity index (χ1v) is 9.24. The van der Waals surface area contributed by atoms with Crippen LogP contribution in [0.2, 0.25) is 0 Å². The summed E-state index contributed by atoms with van der Waals surface area (Å²) >= 11 is 0. The molecule has 0 unspecified atom stereocenters. The SMILES string of the molecule is COCC(=O)N1CCN(c2ccc(NC(=O)c3cccc(C(F)(F)F)c3)cn2)CC1. The summed E-state index contributed by atoms with van der Waals surface area (Å²) in [6.45, 7) is 2.38. The molecule has 2 aromatic rings. The summed E-state index contributed by atoms with van der Waals surface area (Å²) in [7, 11) is 1.48. The Morgan fingerprint density at radius 3 is 2.47 bits per heavy atom. The number of nitrogens with zero attached hydrogens (tertiary/aromatic N) is 3. The zero-order valence-corrected chi connectivity index (χ0v) is 16.3. The van der Waals surface area contributed by atoms with Crippen LogP contribution in [0.4, 0.5) is 24.7 Å². The number of halogens is 3. The molecule has 30 heavy (non-hydrogen) atoms. The highest BCUT2D eigenvalue weighted by molar-refractivity contribution is 6.04. The summed E-state index contributed by atoms with van der Waals surface area (Å²) in [5, 5.41) is 2.55. The zero-order chi connectivity index (χ0) is 21.7. The van der Waals surface area contributed by atoms with E-state index in [-0.39, 0.29) is 18.1 Å². The molecule has 0 saturated carbocycles. The first kappa shape index (κ1) is 21.6. The topological polar surface area (TPSA) is 74.8 Å². The number of carbonyl (C=O) groups is 2. The molecule has 1 aromatic heterocycles. The Labute approximate surface area is 171 Å². The van der Waals surface area contributed by atoms with Crippen molar-refractivity contribution in [3.05, 3.63) is 53.7 Å². The molecule has 0 bridgehead atoms. The van der Waals surface area contributed by atoms with Crippen LogP contribution in [-0.4, -0.2) is 61.6 Å². The van der Waals surface area contributed by atoms with Gasteiger partial charge >= 0.3 is 6.18 Å². The second kappa shape index (κ2) is 9.12. The summed E-state index contributed by atoms with van der Waals surface area (Å²) in [5.74, 6) is -0.0235. The third-order valence-corrected chi connectivity index (χ3v) is 4.68. The highest BCUT2D eigenvalue weighted by atomic mass is 19.4. The van der Waals surface area contributed by atoms with E-state index in [2.05, 4.69) is 10.3 Å². The molecule has 0 aliphatic carbocycles. The van der Waals surface area contributed by atoms with Crippen LogP contribution < -0.4 is 10.2 Å². The fourth-order valence-electron chi connectivity index (χ4n) is 3.09. The largest absolute Gasteiger partial charge is 0.416 e. The smallest absolute Gasteiger partial charge is 0.375 e. The van der Waals surface area contributed by atoms with Crippen LogP contribution in [0, 0.1) is 0 Å². The summed E-state index contributed by atoms with van der Waals surface area (Å²) in [6, 6.07) is 7.58. The van der Waals surface area contributed by atoms with E-state index >= 15 is 0 Å². The third-order valence-electron chi connectivity index (χ3n) is 4.68. The molecule has 0 radical (unpaired) electrons. The molecule has 10 heteroatoms. The number of carbonyl (C=O) groups excluding carboxylic acids is 2. The van der Waals surface area contributed by atoms with Crippen LogP contribution in [0.15, 0.2) is 42.6 Å². The number of benzene rings is 1. The van der Waals surface area contributed by atoms with Crippen LogP contribution in [-0.2, 0) is 15.7 Å². The number of pyridine rings is 1. The quantitative estimate of drug-likeness (QED) is 0.802. The fraction of sp³-hybridized carbons (Fsp3) is 0.350. The first-order valence-electron chi connectivity index (χ1n) is 9.24. The van der Waals surface area contributed by atoms with Crippen molar-refractivity contribution in [2.75, 3.05) is 50.1 Å². The van der Waals surface area contributed by atoms with E-state index in [0.717, 1.165) is 12.1 Å². The molecule has 1 aromatic carbocycles. The lowest BCUT2D eigenvalue weighted by Gasteiger charge is -2.35. The number of methoxy groups -OCH3 is 1. The van der Waals surface area contributed by atoms with Gasteiger partial charge in [0.1, 0.15) is 12.4 Å². The minimum atomic E-state index is -4.52. The summed E-state index contributed by atoms with van der Waals surface area (Å²) in [6.07, 6.45) is -3.07. The number of anilines is 2. The average Bonchev–Trinajstić information content (AvgIpc) is 2.74. The molecule has 1 aliphatic heterocycles. The Bertz CT molecular complexity index is 895. The number of nitrogens with one attached hydrogen (secondary N) is 1. The van der Waals surface area contributed by atoms with Crippen molar-refractivity contribution < 1.29 is 27.5 Å². The number of aromatic nitrogens is 1. The fourth-order valence-corrected chi connectivity index (χ4v) is 3.09. The molecule has 1 fully saturated rings. The van der Waals surface area contributed by atoms with Crippen molar-refractivity contribution in [3.63, 3.8) is 0 Å². The lowest BCUT2D eigenvalue weighted by Crippen LogP contribution is -2.49. The molecule has 3 rings (SSSR count).